The quantitative estimate of drug-likeness (QED) is 0.753. The van der Waals surface area contributed by atoms with Crippen LogP contribution < -0.4 is 5.32 Å². The van der Waals surface area contributed by atoms with Crippen LogP contribution in [-0.2, 0) is 4.79 Å². The van der Waals surface area contributed by atoms with Crippen molar-refractivity contribution in [2.45, 2.75) is 32.2 Å². The summed E-state index contributed by atoms with van der Waals surface area (Å²) in [5, 5.41) is 2.67. The second-order valence-corrected chi connectivity index (χ2v) is 4.45. The van der Waals surface area contributed by atoms with Gasteiger partial charge in [0, 0.05) is 27.2 Å². The Bertz CT molecular complexity index is 260. The second-order valence-electron chi connectivity index (χ2n) is 4.45. The van der Waals surface area contributed by atoms with Gasteiger partial charge in [-0.05, 0) is 26.2 Å². The van der Waals surface area contributed by atoms with Gasteiger partial charge in [0.25, 0.3) is 0 Å². The molecule has 0 saturated carbocycles. The lowest BCUT2D eigenvalue weighted by atomic mass is 10.1. The molecule has 92 valence electrons. The van der Waals surface area contributed by atoms with Crippen LogP contribution in [0.3, 0.4) is 0 Å². The molecule has 0 bridgehead atoms. The molecule has 1 atom stereocenters. The van der Waals surface area contributed by atoms with Crippen LogP contribution in [0.2, 0.25) is 0 Å². The smallest absolute Gasteiger partial charge is 0.317 e. The number of nitrogens with one attached hydrogen (secondary N) is 1. The zero-order valence-electron chi connectivity index (χ0n) is 10.3. The van der Waals surface area contributed by atoms with Crippen LogP contribution >= 0.6 is 0 Å². The number of likely N-dealkylation sites (tertiary alicyclic amines) is 1. The van der Waals surface area contributed by atoms with Crippen LogP contribution in [0.1, 0.15) is 26.2 Å². The maximum absolute atomic E-state index is 11.9. The van der Waals surface area contributed by atoms with Gasteiger partial charge in [-0.3, -0.25) is 4.79 Å². The van der Waals surface area contributed by atoms with Gasteiger partial charge < -0.3 is 15.1 Å². The molecule has 0 aromatic heterocycles. The largest absolute Gasteiger partial charge is 0.341 e. The zero-order chi connectivity index (χ0) is 12.1. The summed E-state index contributed by atoms with van der Waals surface area (Å²) in [5.41, 5.74) is 0. The predicted octanol–water partition coefficient (Wildman–Crippen LogP) is 0.659. The highest BCUT2D eigenvalue weighted by atomic mass is 16.2. The summed E-state index contributed by atoms with van der Waals surface area (Å²) in [6, 6.07) is -0.661. The van der Waals surface area contributed by atoms with Gasteiger partial charge in [0.15, 0.2) is 0 Å². The van der Waals surface area contributed by atoms with Crippen LogP contribution in [0.4, 0.5) is 4.79 Å². The number of hydrogen-bond acceptors (Lipinski definition) is 2. The lowest BCUT2D eigenvalue weighted by molar-refractivity contribution is -0.133. The summed E-state index contributed by atoms with van der Waals surface area (Å²) in [6.45, 7) is 3.38. The van der Waals surface area contributed by atoms with Crippen LogP contribution in [0, 0.1) is 0 Å². The minimum Gasteiger partial charge on any atom is -0.341 e. The second kappa shape index (κ2) is 5.72. The number of rotatable bonds is 2. The summed E-state index contributed by atoms with van der Waals surface area (Å²) in [7, 11) is 3.32. The molecule has 0 unspecified atom stereocenters. The molecule has 1 heterocycles. The number of urea groups is 1. The van der Waals surface area contributed by atoms with E-state index in [0.717, 1.165) is 25.9 Å². The maximum atomic E-state index is 11.9. The fraction of sp³-hybridized carbons (Fsp3) is 0.818. The maximum Gasteiger partial charge on any atom is 0.317 e. The van der Waals surface area contributed by atoms with E-state index in [1.165, 1.54) is 11.3 Å². The molecule has 1 aliphatic heterocycles. The highest BCUT2D eigenvalue weighted by molar-refractivity contribution is 5.86. The molecule has 1 aliphatic rings. The van der Waals surface area contributed by atoms with Gasteiger partial charge in [0.2, 0.25) is 5.91 Å². The minimum absolute atomic E-state index is 0.0231. The third-order valence-electron chi connectivity index (χ3n) is 2.78. The van der Waals surface area contributed by atoms with Crippen molar-refractivity contribution in [2.75, 3.05) is 27.2 Å². The molecule has 3 amide bonds. The first-order chi connectivity index (χ1) is 7.52. The topological polar surface area (TPSA) is 52.7 Å². The third kappa shape index (κ3) is 3.40. The molecular weight excluding hydrogens is 206 g/mol. The average Bonchev–Trinajstić information content (AvgIpc) is 2.28. The van der Waals surface area contributed by atoms with Gasteiger partial charge in [-0.2, -0.15) is 0 Å². The van der Waals surface area contributed by atoms with E-state index >= 15 is 0 Å². The van der Waals surface area contributed by atoms with Gasteiger partial charge in [0.05, 0.1) is 0 Å². The van der Waals surface area contributed by atoms with E-state index in [1.54, 1.807) is 21.0 Å². The zero-order valence-corrected chi connectivity index (χ0v) is 10.3. The highest BCUT2D eigenvalue weighted by Gasteiger charge is 2.23. The monoisotopic (exact) mass is 227 g/mol. The number of nitrogens with zero attached hydrogens (tertiary/aromatic N) is 2. The van der Waals surface area contributed by atoms with Crippen molar-refractivity contribution in [2.24, 2.45) is 0 Å². The Kier molecular flexibility index (Phi) is 4.58. The third-order valence-corrected chi connectivity index (χ3v) is 2.78. The Morgan fingerprint density at radius 3 is 2.25 bits per heavy atom. The lowest BCUT2D eigenvalue weighted by Crippen LogP contribution is -2.50. The SMILES string of the molecule is C[C@H](NC(=O)N(C)C)C(=O)N1CCCCC1. The van der Waals surface area contributed by atoms with Crippen molar-refractivity contribution >= 4 is 11.9 Å². The Morgan fingerprint density at radius 2 is 1.75 bits per heavy atom. The van der Waals surface area contributed by atoms with Crippen LogP contribution in [-0.4, -0.2) is 55.0 Å². The van der Waals surface area contributed by atoms with Crippen molar-refractivity contribution < 1.29 is 9.59 Å². The molecule has 1 rings (SSSR count). The van der Waals surface area contributed by atoms with Gasteiger partial charge in [0.1, 0.15) is 6.04 Å². The standard InChI is InChI=1S/C11H21N3O2/c1-9(12-11(16)13(2)3)10(15)14-7-5-4-6-8-14/h9H,4-8H2,1-3H3,(H,12,16)/t9-/m0/s1. The molecule has 0 aromatic rings. The van der Waals surface area contributed by atoms with E-state index in [4.69, 9.17) is 0 Å². The number of piperidine rings is 1. The summed E-state index contributed by atoms with van der Waals surface area (Å²) >= 11 is 0. The van der Waals surface area contributed by atoms with Gasteiger partial charge in [-0.1, -0.05) is 0 Å². The normalized spacial score (nSPS) is 17.8. The summed E-state index contributed by atoms with van der Waals surface area (Å²) in [5.74, 6) is 0.0231. The minimum atomic E-state index is -0.437. The number of hydrogen-bond donors (Lipinski definition) is 1. The first-order valence-electron chi connectivity index (χ1n) is 5.79. The molecule has 1 saturated heterocycles. The number of carbonyl (C=O) groups excluding carboxylic acids is 2. The molecule has 0 aliphatic carbocycles. The van der Waals surface area contributed by atoms with Crippen molar-refractivity contribution in [3.63, 3.8) is 0 Å². The Labute approximate surface area is 96.8 Å². The van der Waals surface area contributed by atoms with Crippen molar-refractivity contribution in [3.05, 3.63) is 0 Å². The molecule has 5 heteroatoms. The van der Waals surface area contributed by atoms with Crippen LogP contribution in [0.25, 0.3) is 0 Å². The fourth-order valence-corrected chi connectivity index (χ4v) is 1.76. The molecule has 16 heavy (non-hydrogen) atoms. The van der Waals surface area contributed by atoms with E-state index in [0.29, 0.717) is 0 Å². The molecule has 5 nitrogen and oxygen atoms in total. The summed E-state index contributed by atoms with van der Waals surface area (Å²) in [4.78, 5) is 26.6. The van der Waals surface area contributed by atoms with Crippen molar-refractivity contribution in [3.8, 4) is 0 Å². The highest BCUT2D eigenvalue weighted by Crippen LogP contribution is 2.09. The Morgan fingerprint density at radius 1 is 1.19 bits per heavy atom. The Hall–Kier alpha value is -1.26. The van der Waals surface area contributed by atoms with Crippen molar-refractivity contribution in [1.82, 2.24) is 15.1 Å². The molecule has 1 fully saturated rings. The molecule has 1 N–H and O–H groups in total. The van der Waals surface area contributed by atoms with E-state index in [2.05, 4.69) is 5.32 Å². The molecule has 0 spiro atoms. The fourth-order valence-electron chi connectivity index (χ4n) is 1.76. The van der Waals surface area contributed by atoms with E-state index in [9.17, 15) is 9.59 Å². The first kappa shape index (κ1) is 12.8. The number of carbonyl (C=O) groups is 2. The van der Waals surface area contributed by atoms with Crippen molar-refractivity contribution in [1.29, 1.82) is 0 Å². The van der Waals surface area contributed by atoms with Gasteiger partial charge >= 0.3 is 6.03 Å². The van der Waals surface area contributed by atoms with Gasteiger partial charge in [-0.25, -0.2) is 4.79 Å². The van der Waals surface area contributed by atoms with Crippen LogP contribution in [0.5, 0.6) is 0 Å². The number of amides is 3. The molecule has 0 radical (unpaired) electrons. The van der Waals surface area contributed by atoms with Crippen LogP contribution in [0.15, 0.2) is 0 Å². The van der Waals surface area contributed by atoms with E-state index in [-0.39, 0.29) is 11.9 Å². The predicted molar refractivity (Wildman–Crippen MR) is 62.1 cm³/mol. The lowest BCUT2D eigenvalue weighted by Gasteiger charge is -2.29. The first-order valence-corrected chi connectivity index (χ1v) is 5.79. The summed E-state index contributed by atoms with van der Waals surface area (Å²) in [6.07, 6.45) is 3.34. The average molecular weight is 227 g/mol. The van der Waals surface area contributed by atoms with E-state index in [1.807, 2.05) is 4.90 Å². The molecule has 0 aromatic carbocycles. The summed E-state index contributed by atoms with van der Waals surface area (Å²) < 4.78 is 0. The molecular formula is C11H21N3O2. The van der Waals surface area contributed by atoms with E-state index < -0.39 is 6.04 Å². The Balaban J connectivity index is 2.43. The van der Waals surface area contributed by atoms with Gasteiger partial charge in [-0.15, -0.1) is 0 Å².